The summed E-state index contributed by atoms with van der Waals surface area (Å²) in [7, 11) is 0. The Morgan fingerprint density at radius 3 is 2.41 bits per heavy atom. The smallest absolute Gasteiger partial charge is 0.367 e. The lowest BCUT2D eigenvalue weighted by Crippen LogP contribution is -2.29. The van der Waals surface area contributed by atoms with E-state index in [-0.39, 0.29) is 12.5 Å². The molecule has 1 amide bonds. The number of hydrogen-bond acceptors (Lipinski definition) is 6. The van der Waals surface area contributed by atoms with Gasteiger partial charge >= 0.3 is 5.69 Å². The largest absolute Gasteiger partial charge is 0.372 e. The van der Waals surface area contributed by atoms with Crippen LogP contribution in [0.15, 0.2) is 69.3 Å². The molecule has 0 aliphatic rings. The molecular formula is C25H28N6O2S. The van der Waals surface area contributed by atoms with Gasteiger partial charge < -0.3 is 10.2 Å². The third kappa shape index (κ3) is 5.14. The van der Waals surface area contributed by atoms with Gasteiger partial charge in [-0.25, -0.2) is 9.48 Å². The fraction of sp³-hybridized carbons (Fsp3) is 0.280. The lowest BCUT2D eigenvalue weighted by molar-refractivity contribution is -0.117. The minimum Gasteiger partial charge on any atom is -0.372 e. The molecule has 1 N–H and O–H groups in total. The van der Waals surface area contributed by atoms with Crippen LogP contribution in [0.25, 0.3) is 5.65 Å². The molecule has 8 nitrogen and oxygen atoms in total. The number of hydrogen-bond donors (Lipinski definition) is 1. The van der Waals surface area contributed by atoms with Crippen molar-refractivity contribution < 1.29 is 4.79 Å². The first kappa shape index (κ1) is 23.6. The number of rotatable bonds is 8. The minimum absolute atomic E-state index is 0.195. The summed E-state index contributed by atoms with van der Waals surface area (Å²) in [6.07, 6.45) is 0. The van der Waals surface area contributed by atoms with Crippen LogP contribution < -0.4 is 15.9 Å². The molecular weight excluding hydrogens is 448 g/mol. The van der Waals surface area contributed by atoms with Gasteiger partial charge in [0.15, 0.2) is 5.65 Å². The number of aryl methyl sites for hydroxylation is 2. The molecule has 0 radical (unpaired) electrons. The quantitative estimate of drug-likeness (QED) is 0.411. The zero-order valence-electron chi connectivity index (χ0n) is 19.8. The van der Waals surface area contributed by atoms with Gasteiger partial charge in [0.1, 0.15) is 11.6 Å². The van der Waals surface area contributed by atoms with Crippen LogP contribution in [0.1, 0.15) is 25.0 Å². The second kappa shape index (κ2) is 10.1. The van der Waals surface area contributed by atoms with Crippen molar-refractivity contribution >= 4 is 34.7 Å². The number of anilines is 2. The second-order valence-electron chi connectivity index (χ2n) is 8.02. The Morgan fingerprint density at radius 1 is 1.00 bits per heavy atom. The first-order valence-electron chi connectivity index (χ1n) is 11.2. The van der Waals surface area contributed by atoms with Crippen LogP contribution >= 0.6 is 11.8 Å². The van der Waals surface area contributed by atoms with Crippen molar-refractivity contribution in [2.75, 3.05) is 23.3 Å². The van der Waals surface area contributed by atoms with E-state index < -0.39 is 5.69 Å². The number of fused-ring (bicyclic) bond motifs is 1. The SMILES string of the molecule is CCN(CC)c1ccc(NC(=O)Cn2nc3ccc(Sc4ccc(C)cc4)nn3c2=O)c(C)c1. The fourth-order valence-electron chi connectivity index (χ4n) is 3.68. The molecule has 0 bridgehead atoms. The number of carbonyl (C=O) groups excluding carboxylic acids is 1. The topological polar surface area (TPSA) is 84.5 Å². The van der Waals surface area contributed by atoms with E-state index in [9.17, 15) is 9.59 Å². The normalized spacial score (nSPS) is 11.1. The first-order chi connectivity index (χ1) is 16.4. The molecule has 0 unspecified atom stereocenters. The molecule has 9 heteroatoms. The Balaban J connectivity index is 1.48. The molecule has 2 heterocycles. The number of benzene rings is 2. The van der Waals surface area contributed by atoms with Gasteiger partial charge in [0, 0.05) is 29.4 Å². The van der Waals surface area contributed by atoms with E-state index in [0.717, 1.165) is 33.9 Å². The summed E-state index contributed by atoms with van der Waals surface area (Å²) < 4.78 is 2.37. The molecule has 2 aromatic heterocycles. The van der Waals surface area contributed by atoms with Crippen molar-refractivity contribution in [3.8, 4) is 0 Å². The van der Waals surface area contributed by atoms with Gasteiger partial charge in [-0.15, -0.1) is 5.10 Å². The van der Waals surface area contributed by atoms with Crippen LogP contribution in [-0.4, -0.2) is 38.4 Å². The van der Waals surface area contributed by atoms with E-state index in [2.05, 4.69) is 40.3 Å². The molecule has 0 spiro atoms. The Bertz CT molecular complexity index is 1370. The van der Waals surface area contributed by atoms with E-state index in [1.165, 1.54) is 21.8 Å². The van der Waals surface area contributed by atoms with Crippen LogP contribution in [0.4, 0.5) is 11.4 Å². The highest BCUT2D eigenvalue weighted by atomic mass is 32.2. The molecule has 0 atom stereocenters. The van der Waals surface area contributed by atoms with E-state index in [0.29, 0.717) is 16.4 Å². The number of carbonyl (C=O) groups is 1. The van der Waals surface area contributed by atoms with E-state index in [1.807, 2.05) is 56.3 Å². The Kier molecular flexibility index (Phi) is 7.02. The minimum atomic E-state index is -0.454. The fourth-order valence-corrected chi connectivity index (χ4v) is 4.45. The van der Waals surface area contributed by atoms with Crippen molar-refractivity contribution in [1.29, 1.82) is 0 Å². The van der Waals surface area contributed by atoms with Gasteiger partial charge in [-0.3, -0.25) is 4.79 Å². The summed E-state index contributed by atoms with van der Waals surface area (Å²) in [6, 6.07) is 17.6. The van der Waals surface area contributed by atoms with Crippen molar-refractivity contribution in [3.63, 3.8) is 0 Å². The highest BCUT2D eigenvalue weighted by Gasteiger charge is 2.14. The van der Waals surface area contributed by atoms with Gasteiger partial charge in [-0.1, -0.05) is 29.5 Å². The van der Waals surface area contributed by atoms with Gasteiger partial charge in [0.05, 0.1) is 0 Å². The van der Waals surface area contributed by atoms with Crippen LogP contribution in [0, 0.1) is 13.8 Å². The van der Waals surface area contributed by atoms with Gasteiger partial charge in [0.25, 0.3) is 0 Å². The molecule has 2 aromatic carbocycles. The zero-order chi connectivity index (χ0) is 24.2. The van der Waals surface area contributed by atoms with Crippen LogP contribution in [0.5, 0.6) is 0 Å². The lowest BCUT2D eigenvalue weighted by Gasteiger charge is -2.22. The van der Waals surface area contributed by atoms with Crippen LogP contribution in [0.2, 0.25) is 0 Å². The van der Waals surface area contributed by atoms with Crippen molar-refractivity contribution in [2.24, 2.45) is 0 Å². The predicted octanol–water partition coefficient (Wildman–Crippen LogP) is 4.14. The molecule has 4 aromatic rings. The number of nitrogens with one attached hydrogen (secondary N) is 1. The third-order valence-electron chi connectivity index (χ3n) is 5.57. The van der Waals surface area contributed by atoms with Gasteiger partial charge in [0.2, 0.25) is 5.91 Å². The van der Waals surface area contributed by atoms with Gasteiger partial charge in [-0.2, -0.15) is 9.61 Å². The summed E-state index contributed by atoms with van der Waals surface area (Å²) in [5.41, 5.74) is 3.91. The summed E-state index contributed by atoms with van der Waals surface area (Å²) in [4.78, 5) is 28.8. The molecule has 0 aliphatic carbocycles. The van der Waals surface area contributed by atoms with Gasteiger partial charge in [-0.05, 0) is 75.7 Å². The summed E-state index contributed by atoms with van der Waals surface area (Å²) >= 11 is 1.46. The third-order valence-corrected chi connectivity index (χ3v) is 6.50. The Labute approximate surface area is 202 Å². The zero-order valence-corrected chi connectivity index (χ0v) is 20.6. The Morgan fingerprint density at radius 2 is 1.74 bits per heavy atom. The molecule has 34 heavy (non-hydrogen) atoms. The molecule has 0 fully saturated rings. The number of nitrogens with zero attached hydrogens (tertiary/aromatic N) is 5. The Hall–Kier alpha value is -3.59. The summed E-state index contributed by atoms with van der Waals surface area (Å²) in [5, 5.41) is 12.2. The maximum absolute atomic E-state index is 12.8. The molecule has 0 saturated carbocycles. The highest BCUT2D eigenvalue weighted by Crippen LogP contribution is 2.26. The average Bonchev–Trinajstić information content (AvgIpc) is 3.12. The van der Waals surface area contributed by atoms with E-state index >= 15 is 0 Å². The van der Waals surface area contributed by atoms with Crippen molar-refractivity contribution in [1.82, 2.24) is 19.4 Å². The molecule has 176 valence electrons. The van der Waals surface area contributed by atoms with Crippen molar-refractivity contribution in [3.05, 3.63) is 76.2 Å². The van der Waals surface area contributed by atoms with Crippen LogP contribution in [0.3, 0.4) is 0 Å². The number of amides is 1. The summed E-state index contributed by atoms with van der Waals surface area (Å²) in [6.45, 7) is 9.85. The maximum atomic E-state index is 12.8. The standard InChI is InChI=1S/C25H28N6O2S/c1-5-29(6-2)19-9-12-21(18(4)15-19)26-23(32)16-30-25(33)31-22(27-30)13-14-24(28-31)34-20-10-7-17(3)8-11-20/h7-15H,5-6,16H2,1-4H3,(H,26,32). The van der Waals surface area contributed by atoms with E-state index in [4.69, 9.17) is 0 Å². The number of aromatic nitrogens is 4. The lowest BCUT2D eigenvalue weighted by atomic mass is 10.1. The monoisotopic (exact) mass is 476 g/mol. The molecule has 4 rings (SSSR count). The maximum Gasteiger partial charge on any atom is 0.367 e. The second-order valence-corrected chi connectivity index (χ2v) is 9.11. The van der Waals surface area contributed by atoms with Crippen LogP contribution in [-0.2, 0) is 11.3 Å². The molecule has 0 saturated heterocycles. The molecule has 0 aliphatic heterocycles. The average molecular weight is 477 g/mol. The summed E-state index contributed by atoms with van der Waals surface area (Å²) in [5.74, 6) is -0.321. The highest BCUT2D eigenvalue weighted by molar-refractivity contribution is 7.99. The van der Waals surface area contributed by atoms with Crippen molar-refractivity contribution in [2.45, 2.75) is 44.2 Å². The van der Waals surface area contributed by atoms with E-state index in [1.54, 1.807) is 6.07 Å². The predicted molar refractivity (Wildman–Crippen MR) is 136 cm³/mol. The first-order valence-corrected chi connectivity index (χ1v) is 12.1.